The van der Waals surface area contributed by atoms with Crippen LogP contribution in [0.25, 0.3) is 11.1 Å². The third-order valence-corrected chi connectivity index (χ3v) is 4.65. The van der Waals surface area contributed by atoms with Gasteiger partial charge in [0.15, 0.2) is 0 Å². The summed E-state index contributed by atoms with van der Waals surface area (Å²) in [5.41, 5.74) is 3.81. The van der Waals surface area contributed by atoms with Crippen LogP contribution in [-0.4, -0.2) is 38.7 Å². The lowest BCUT2D eigenvalue weighted by atomic mass is 10.1. The quantitative estimate of drug-likeness (QED) is 0.739. The molecule has 1 aromatic carbocycles. The molecule has 0 bridgehead atoms. The van der Waals surface area contributed by atoms with Crippen LogP contribution in [0.15, 0.2) is 61.2 Å². The Hall–Kier alpha value is -2.95. The van der Waals surface area contributed by atoms with Gasteiger partial charge in [0.1, 0.15) is 0 Å². The van der Waals surface area contributed by atoms with Crippen LogP contribution in [-0.2, 0) is 0 Å². The zero-order chi connectivity index (χ0) is 17.2. The summed E-state index contributed by atoms with van der Waals surface area (Å²) in [6.45, 7) is 3.47. The largest absolute Gasteiger partial charge is 0.336 e. The molecule has 1 aliphatic rings. The molecule has 0 aliphatic carbocycles. The number of carbonyl (C=O) groups excluding carboxylic acids is 1. The van der Waals surface area contributed by atoms with E-state index in [0.29, 0.717) is 12.1 Å². The normalized spacial score (nSPS) is 17.0. The molecule has 1 aliphatic heterocycles. The van der Waals surface area contributed by atoms with Crippen molar-refractivity contribution in [2.45, 2.75) is 19.4 Å². The van der Waals surface area contributed by atoms with Gasteiger partial charge in [0.25, 0.3) is 5.91 Å². The Kier molecular flexibility index (Phi) is 4.06. The van der Waals surface area contributed by atoms with Gasteiger partial charge in [-0.15, -0.1) is 0 Å². The summed E-state index contributed by atoms with van der Waals surface area (Å²) in [5.74, 6) is 0.0386. The lowest BCUT2D eigenvalue weighted by molar-refractivity contribution is 0.0786. The lowest BCUT2D eigenvalue weighted by Gasteiger charge is -2.17. The molecule has 2 aromatic heterocycles. The van der Waals surface area contributed by atoms with Gasteiger partial charge in [-0.2, -0.15) is 5.10 Å². The van der Waals surface area contributed by atoms with E-state index in [4.69, 9.17) is 0 Å². The van der Waals surface area contributed by atoms with Gasteiger partial charge in [-0.1, -0.05) is 30.3 Å². The second-order valence-corrected chi connectivity index (χ2v) is 6.52. The molecule has 4 rings (SSSR count). The van der Waals surface area contributed by atoms with Gasteiger partial charge in [-0.25, -0.2) is 0 Å². The average Bonchev–Trinajstić information content (AvgIpc) is 3.31. The third-order valence-electron chi connectivity index (χ3n) is 4.65. The van der Waals surface area contributed by atoms with Gasteiger partial charge < -0.3 is 4.90 Å². The van der Waals surface area contributed by atoms with Gasteiger partial charge in [0, 0.05) is 37.2 Å². The summed E-state index contributed by atoms with van der Waals surface area (Å²) >= 11 is 0. The molecule has 0 radical (unpaired) electrons. The molecule has 0 spiro atoms. The summed E-state index contributed by atoms with van der Waals surface area (Å²) in [4.78, 5) is 19.0. The third kappa shape index (κ3) is 3.18. The minimum Gasteiger partial charge on any atom is -0.336 e. The molecule has 5 heteroatoms. The van der Waals surface area contributed by atoms with Crippen LogP contribution in [0, 0.1) is 6.92 Å². The Morgan fingerprint density at radius 2 is 1.96 bits per heavy atom. The molecular formula is C20H20N4O. The van der Waals surface area contributed by atoms with Gasteiger partial charge in [-0.3, -0.25) is 14.5 Å². The number of benzene rings is 1. The van der Waals surface area contributed by atoms with Crippen LogP contribution < -0.4 is 0 Å². The highest BCUT2D eigenvalue weighted by Crippen LogP contribution is 2.24. The summed E-state index contributed by atoms with van der Waals surface area (Å²) in [6.07, 6.45) is 8.28. The molecule has 1 amide bonds. The van der Waals surface area contributed by atoms with Crippen molar-refractivity contribution in [3.05, 3.63) is 72.3 Å². The Labute approximate surface area is 146 Å². The molecule has 1 unspecified atom stereocenters. The van der Waals surface area contributed by atoms with Crippen molar-refractivity contribution in [3.8, 4) is 11.1 Å². The first-order valence-corrected chi connectivity index (χ1v) is 8.51. The maximum absolute atomic E-state index is 12.9. The highest BCUT2D eigenvalue weighted by molar-refractivity contribution is 5.95. The van der Waals surface area contributed by atoms with E-state index in [0.717, 1.165) is 29.7 Å². The Balaban J connectivity index is 1.52. The van der Waals surface area contributed by atoms with Crippen molar-refractivity contribution >= 4 is 5.91 Å². The van der Waals surface area contributed by atoms with E-state index >= 15 is 0 Å². The van der Waals surface area contributed by atoms with E-state index in [9.17, 15) is 4.79 Å². The van der Waals surface area contributed by atoms with Crippen molar-refractivity contribution in [2.24, 2.45) is 0 Å². The fraction of sp³-hybridized carbons (Fsp3) is 0.250. The van der Waals surface area contributed by atoms with Crippen molar-refractivity contribution in [3.63, 3.8) is 0 Å². The molecular weight excluding hydrogens is 312 g/mol. The van der Waals surface area contributed by atoms with Crippen LogP contribution in [0.1, 0.15) is 28.4 Å². The molecule has 0 saturated carbocycles. The van der Waals surface area contributed by atoms with E-state index in [1.807, 2.05) is 65.3 Å². The topological polar surface area (TPSA) is 51.0 Å². The fourth-order valence-electron chi connectivity index (χ4n) is 3.30. The van der Waals surface area contributed by atoms with Crippen LogP contribution in [0.3, 0.4) is 0 Å². The Bertz CT molecular complexity index is 887. The zero-order valence-corrected chi connectivity index (χ0v) is 14.2. The number of rotatable bonds is 3. The molecule has 3 heterocycles. The summed E-state index contributed by atoms with van der Waals surface area (Å²) in [5, 5.41) is 4.38. The molecule has 1 fully saturated rings. The molecule has 1 saturated heterocycles. The predicted molar refractivity (Wildman–Crippen MR) is 96.2 cm³/mol. The number of nitrogens with zero attached hydrogens (tertiary/aromatic N) is 4. The number of carbonyl (C=O) groups is 1. The van der Waals surface area contributed by atoms with Crippen molar-refractivity contribution in [1.29, 1.82) is 0 Å². The number of aryl methyl sites for hydroxylation is 1. The zero-order valence-electron chi connectivity index (χ0n) is 14.2. The van der Waals surface area contributed by atoms with Crippen molar-refractivity contribution in [1.82, 2.24) is 19.7 Å². The second kappa shape index (κ2) is 6.51. The maximum atomic E-state index is 12.9. The van der Waals surface area contributed by atoms with Gasteiger partial charge in [-0.05, 0) is 30.5 Å². The van der Waals surface area contributed by atoms with Crippen LogP contribution in [0.2, 0.25) is 0 Å². The highest BCUT2D eigenvalue weighted by Gasteiger charge is 2.28. The molecule has 0 N–H and O–H groups in total. The summed E-state index contributed by atoms with van der Waals surface area (Å²) in [7, 11) is 0. The highest BCUT2D eigenvalue weighted by atomic mass is 16.2. The first kappa shape index (κ1) is 15.6. The van der Waals surface area contributed by atoms with Gasteiger partial charge >= 0.3 is 0 Å². The maximum Gasteiger partial charge on any atom is 0.255 e. The monoisotopic (exact) mass is 332 g/mol. The summed E-state index contributed by atoms with van der Waals surface area (Å²) < 4.78 is 1.97. The van der Waals surface area contributed by atoms with Gasteiger partial charge in [0.2, 0.25) is 0 Å². The van der Waals surface area contributed by atoms with Gasteiger partial charge in [0.05, 0.1) is 17.8 Å². The minimum atomic E-state index is 0.0386. The SMILES string of the molecule is Cc1cnn(C2CCN(C(=O)c3cncc(-c4ccccc4)c3)C2)c1. The Morgan fingerprint density at radius 3 is 2.72 bits per heavy atom. The number of amides is 1. The number of likely N-dealkylation sites (tertiary alicyclic amines) is 1. The number of aromatic nitrogens is 3. The predicted octanol–water partition coefficient (Wildman–Crippen LogP) is 3.34. The lowest BCUT2D eigenvalue weighted by Crippen LogP contribution is -2.29. The standard InChI is InChI=1S/C20H20N4O/c1-15-10-22-24(13-15)19-7-8-23(14-19)20(25)18-9-17(11-21-12-18)16-5-3-2-4-6-16/h2-6,9-13,19H,7-8,14H2,1H3. The minimum absolute atomic E-state index is 0.0386. The molecule has 5 nitrogen and oxygen atoms in total. The van der Waals surface area contributed by atoms with Crippen LogP contribution in [0.4, 0.5) is 0 Å². The van der Waals surface area contributed by atoms with Crippen molar-refractivity contribution in [2.75, 3.05) is 13.1 Å². The van der Waals surface area contributed by atoms with E-state index < -0.39 is 0 Å². The first-order chi connectivity index (χ1) is 12.2. The van der Waals surface area contributed by atoms with Crippen molar-refractivity contribution < 1.29 is 4.79 Å². The van der Waals surface area contributed by atoms with Crippen LogP contribution in [0.5, 0.6) is 0 Å². The fourth-order valence-corrected chi connectivity index (χ4v) is 3.30. The van der Waals surface area contributed by atoms with Crippen LogP contribution >= 0.6 is 0 Å². The number of pyridine rings is 1. The van der Waals surface area contributed by atoms with E-state index in [1.165, 1.54) is 0 Å². The average molecular weight is 332 g/mol. The number of hydrogen-bond donors (Lipinski definition) is 0. The second-order valence-electron chi connectivity index (χ2n) is 6.52. The molecule has 25 heavy (non-hydrogen) atoms. The van der Waals surface area contributed by atoms with E-state index in [1.54, 1.807) is 12.4 Å². The number of hydrogen-bond acceptors (Lipinski definition) is 3. The summed E-state index contributed by atoms with van der Waals surface area (Å²) in [6, 6.07) is 12.2. The van der Waals surface area contributed by atoms with E-state index in [2.05, 4.69) is 10.1 Å². The Morgan fingerprint density at radius 1 is 1.12 bits per heavy atom. The molecule has 3 aromatic rings. The smallest absolute Gasteiger partial charge is 0.255 e. The first-order valence-electron chi connectivity index (χ1n) is 8.51. The molecule has 126 valence electrons. The molecule has 1 atom stereocenters. The van der Waals surface area contributed by atoms with E-state index in [-0.39, 0.29) is 11.9 Å².